The summed E-state index contributed by atoms with van der Waals surface area (Å²) >= 11 is 3.32. The number of nitrogens with zero attached hydrogens (tertiary/aromatic N) is 14. The second kappa shape index (κ2) is 56.9. The molecule has 17 aromatic rings. The number of benzene rings is 5. The van der Waals surface area contributed by atoms with Gasteiger partial charge in [0.25, 0.3) is 0 Å². The smallest absolute Gasteiger partial charge is 0.235 e. The van der Waals surface area contributed by atoms with E-state index in [1.165, 1.54) is 124 Å². The van der Waals surface area contributed by atoms with Crippen molar-refractivity contribution in [3.05, 3.63) is 487 Å². The fourth-order valence-corrected chi connectivity index (χ4v) is 18.7. The fourth-order valence-electron chi connectivity index (χ4n) is 18.3. The zero-order chi connectivity index (χ0) is 102. The Hall–Kier alpha value is -12.6. The maximum atomic E-state index is 10.5. The van der Waals surface area contributed by atoms with Crippen LogP contribution >= 0.6 is 15.9 Å². The molecule has 0 aliphatic carbocycles. The first-order valence-electron chi connectivity index (χ1n) is 48.8. The molecule has 146 heavy (non-hydrogen) atoms. The quantitative estimate of drug-likeness (QED) is 0.0188. The van der Waals surface area contributed by atoms with Crippen molar-refractivity contribution in [1.82, 2.24) is 57.7 Å². The number of alkyl halides is 1. The summed E-state index contributed by atoms with van der Waals surface area (Å²) in [6, 6.07) is 92.4. The monoisotopic (exact) mass is 2160 g/mol. The van der Waals surface area contributed by atoms with Gasteiger partial charge in [-0.05, 0) is 426 Å². The van der Waals surface area contributed by atoms with Crippen molar-refractivity contribution < 1.29 is 70.3 Å². The largest absolute Gasteiger partial charge is 0.384 e. The minimum absolute atomic E-state index is 0. The Morgan fingerprint density at radius 1 is 0.349 bits per heavy atom. The molecule has 0 saturated carbocycles. The molecule has 0 saturated heterocycles. The Bertz CT molecular complexity index is 7130. The minimum Gasteiger partial charge on any atom is -0.384 e. The minimum atomic E-state index is -0.448. The molecule has 5 aromatic carbocycles. The van der Waals surface area contributed by atoms with Crippen LogP contribution in [-0.2, 0) is 135 Å². The first-order chi connectivity index (χ1) is 68.0. The predicted molar refractivity (Wildman–Crippen MR) is 603 cm³/mol. The van der Waals surface area contributed by atoms with Crippen molar-refractivity contribution in [2.45, 2.75) is 228 Å². The van der Waals surface area contributed by atoms with Crippen molar-refractivity contribution in [2.75, 3.05) is 18.0 Å². The molecule has 0 amide bonds. The summed E-state index contributed by atoms with van der Waals surface area (Å²) in [6.07, 6.45) is 11.3. The molecule has 2 unspecified atom stereocenters. The Kier molecular flexibility index (Phi) is 46.3. The van der Waals surface area contributed by atoms with Crippen molar-refractivity contribution >= 4 is 39.3 Å². The average Bonchev–Trinajstić information content (AvgIpc) is 1.65. The molecule has 0 bridgehead atoms. The topological polar surface area (TPSA) is 240 Å². The molecule has 0 fully saturated rings. The molecule has 0 spiro atoms. The molecule has 12 heterocycles. The van der Waals surface area contributed by atoms with Crippen LogP contribution in [-0.4, -0.2) is 69.2 Å². The van der Waals surface area contributed by atoms with E-state index in [9.17, 15) is 10.1 Å². The number of aryl methyl sites for hydroxylation is 27. The zero-order valence-electron chi connectivity index (χ0n) is 87.2. The number of rotatable bonds is 27. The van der Waals surface area contributed by atoms with Gasteiger partial charge in [-0.25, -0.2) is 39.7 Å². The van der Waals surface area contributed by atoms with Crippen LogP contribution in [0.4, 0.5) is 17.3 Å². The molecule has 0 aliphatic rings. The van der Waals surface area contributed by atoms with Gasteiger partial charge in [-0.2, -0.15) is 0 Å². The molecule has 12 aromatic heterocycles. The molecule has 2 atom stereocenters. The van der Waals surface area contributed by atoms with Crippen LogP contribution in [0.15, 0.2) is 273 Å². The molecule has 752 valence electrons. The van der Waals surface area contributed by atoms with Crippen LogP contribution in [0.3, 0.4) is 0 Å². The summed E-state index contributed by atoms with van der Waals surface area (Å²) in [5.41, 5.74) is 57.4. The van der Waals surface area contributed by atoms with Gasteiger partial charge >= 0.3 is 0 Å². The first-order valence-corrected chi connectivity index (χ1v) is 49.9. The Labute approximate surface area is 926 Å². The number of pyridine rings is 7. The molecule has 22 heteroatoms. The van der Waals surface area contributed by atoms with E-state index in [2.05, 4.69) is 383 Å². The van der Waals surface area contributed by atoms with Gasteiger partial charge in [-0.1, -0.05) is 163 Å². The summed E-state index contributed by atoms with van der Waals surface area (Å²) < 4.78 is 11.0. The number of anilines is 2. The summed E-state index contributed by atoms with van der Waals surface area (Å²) in [5.74, 6) is 6.47. The van der Waals surface area contributed by atoms with Crippen LogP contribution in [0.2, 0.25) is 0 Å². The fraction of sp³-hybridized carbons (Fsp3) is 0.282. The summed E-state index contributed by atoms with van der Waals surface area (Å²) in [4.78, 5) is 46.6. The molecule has 19 nitrogen and oxygen atoms in total. The van der Waals surface area contributed by atoms with Crippen molar-refractivity contribution in [2.24, 2.45) is 5.73 Å². The number of hydrogen-bond acceptors (Lipinski definition) is 12. The Balaban J connectivity index is 0.000000221. The summed E-state index contributed by atoms with van der Waals surface area (Å²) in [7, 11) is 0. The van der Waals surface area contributed by atoms with Gasteiger partial charge in [-0.15, -0.1) is 5.92 Å². The standard InChI is InChI=1S/C35H39N4.C23H29N5.C22H23N3O2.C21H24N2.C13H16N2.C8H6BrN.2CH4.2Y/c1-23-17-32(36-34(19-23)38-26(4)11-12-27(38)5)16-15-30-9-8-10-31(22-30)25(3)21-33-18-24(2)20-35(37-33)39-28(6)13-14-29(39)7;1-15-8-20(27-22(25)10-15)7-6-17-4-3-5-18(12-17)19(14-24)13-21-9-16(2)11-23(26)28-21;1-16-13-21(23-22(14-16)25-17(2)7-8-18(25)3)10-9-19-5-4-6-20(15-19)11-12-24(26)27;1-15-6-5-7-19(12-15)10-11-20-13-16(2)14-21(22-20)23-17(3)8-9-18(23)4;1-9-7-10(2)14-13(8-9)15-11(3)5-6-12(15)4;1-10-8-4-2-3-7(5-8)6-9;;;;/h8-14,17-20,22,25H,3,15-16,21H2,1-2,4-7H3;3-5,8-12,19H,6-7,13-14,24H2,1-2H3,(H2,25,27)(H2,26,28);4-8,11-15H,9-10H2,1-3H3;5-9,12-14H,10-11H2,1-4H3;5-8H,1-4H3;2-5H,6H2;2*1H4;;/q-1;;;;;;;;;/b;;12-11+;;;;;;;. The van der Waals surface area contributed by atoms with Gasteiger partial charge in [-0.3, -0.25) is 10.1 Å². The number of halogens is 1. The maximum absolute atomic E-state index is 10.5. The predicted octanol–water partition coefficient (Wildman–Crippen LogP) is 28.4. The van der Waals surface area contributed by atoms with Crippen LogP contribution in [0.5, 0.6) is 0 Å². The van der Waals surface area contributed by atoms with Crippen molar-refractivity contribution in [3.8, 4) is 29.1 Å². The first kappa shape index (κ1) is 119. The van der Waals surface area contributed by atoms with E-state index in [1.807, 2.05) is 75.4 Å². The van der Waals surface area contributed by atoms with Gasteiger partial charge in [0.2, 0.25) is 6.20 Å². The average molecular weight is 2160 g/mol. The summed E-state index contributed by atoms with van der Waals surface area (Å²) in [5, 5.41) is 11.3. The second-order valence-electron chi connectivity index (χ2n) is 37.8. The van der Waals surface area contributed by atoms with E-state index >= 15 is 0 Å². The Morgan fingerprint density at radius 2 is 0.658 bits per heavy atom. The van der Waals surface area contributed by atoms with Gasteiger partial charge < -0.3 is 47.0 Å². The molecular weight excluding hydrogens is 2020 g/mol. The van der Waals surface area contributed by atoms with Crippen LogP contribution in [0.1, 0.15) is 213 Å². The molecule has 17 rings (SSSR count). The normalized spacial score (nSPS) is 11.1. The Morgan fingerprint density at radius 3 is 1.03 bits per heavy atom. The van der Waals surface area contributed by atoms with E-state index in [1.54, 1.807) is 6.07 Å². The van der Waals surface area contributed by atoms with Gasteiger partial charge in [0.15, 0.2) is 5.69 Å². The molecular formula is C124H145BrN17O2Y2-. The number of nitrogens with two attached hydrogens (primary N) is 3. The van der Waals surface area contributed by atoms with Crippen LogP contribution in [0.25, 0.3) is 40.0 Å². The number of nitrogen functional groups attached to an aromatic ring is 2. The molecule has 0 aliphatic heterocycles. The zero-order valence-corrected chi connectivity index (χ0v) is 94.5. The van der Waals surface area contributed by atoms with E-state index in [0.29, 0.717) is 23.9 Å². The van der Waals surface area contributed by atoms with E-state index in [4.69, 9.17) is 43.7 Å². The maximum Gasteiger partial charge on any atom is 0.235 e. The molecule has 6 N–H and O–H groups in total. The second-order valence-corrected chi connectivity index (χ2v) is 38.3. The number of aromatic nitrogens is 12. The third-order valence-corrected chi connectivity index (χ3v) is 25.7. The van der Waals surface area contributed by atoms with Gasteiger partial charge in [0.05, 0.1) is 11.5 Å². The van der Waals surface area contributed by atoms with Crippen LogP contribution < -0.4 is 17.2 Å². The summed E-state index contributed by atoms with van der Waals surface area (Å²) in [6.45, 7) is 51.9. The van der Waals surface area contributed by atoms with E-state index in [0.717, 1.165) is 173 Å². The third-order valence-electron chi connectivity index (χ3n) is 25.0. The van der Waals surface area contributed by atoms with Crippen molar-refractivity contribution in [3.63, 3.8) is 0 Å². The molecule has 2 radical (unpaired) electrons. The number of hydrogen-bond donors (Lipinski definition) is 3. The van der Waals surface area contributed by atoms with E-state index < -0.39 is 4.92 Å². The van der Waals surface area contributed by atoms with Gasteiger partial charge in [0.1, 0.15) is 40.7 Å². The SMILES string of the molecule is C.C.Cc1cc(C)nc(-n2c(C)ccc2C)c1.Cc1cc(CCc2cccc(/C=C/[N+](=O)[O-])c2)nc(-n2c(C)ccc2C)c1.Cc1cc(N)nc(CCc2cccc(C(CN)Cc3cc(C)cc(N)n3)c2)c1.Cc1cccc(CCc2cc(C)cc(-n3c(C)ccc3C)n2)c1.[C-]#[N+]c1cccc(CBr)c1.[CH2-]C(Cc1cc(C)cc(-n2c(C)ccc2C)n1)c1cccc(CCc2cc(C)cc(-n3c(C)ccc3C)n2)c1.[Y].[Y]. The third kappa shape index (κ3) is 34.8. The van der Waals surface area contributed by atoms with Gasteiger partial charge in [0, 0.05) is 180 Å². The number of nitro groups is 1. The van der Waals surface area contributed by atoms with E-state index in [-0.39, 0.29) is 92.1 Å². The van der Waals surface area contributed by atoms with Crippen molar-refractivity contribution in [1.29, 1.82) is 0 Å². The van der Waals surface area contributed by atoms with Crippen LogP contribution in [0, 0.1) is 155 Å².